The average molecular weight is 219 g/mol. The van der Waals surface area contributed by atoms with Gasteiger partial charge in [0, 0.05) is 12.6 Å². The fraction of sp³-hybridized carbons (Fsp3) is 0.538. The molecule has 3 rings (SSSR count). The summed E-state index contributed by atoms with van der Waals surface area (Å²) in [6.45, 7) is 6.79. The molecule has 2 unspecified atom stereocenters. The lowest BCUT2D eigenvalue weighted by Gasteiger charge is -2.31. The largest absolute Gasteiger partial charge is 0.486 e. The number of ether oxygens (including phenoxy) is 2. The molecule has 1 N–H and O–H groups in total. The zero-order valence-corrected chi connectivity index (χ0v) is 9.75. The fourth-order valence-corrected chi connectivity index (χ4v) is 2.50. The molecule has 2 heterocycles. The molecule has 2 atom stereocenters. The number of fused-ring (bicyclic) bond motifs is 2. The van der Waals surface area contributed by atoms with Gasteiger partial charge in [-0.15, -0.1) is 0 Å². The van der Waals surface area contributed by atoms with E-state index in [1.165, 1.54) is 11.1 Å². The molecule has 1 aromatic carbocycles. The predicted octanol–water partition coefficient (Wildman–Crippen LogP) is 2.23. The summed E-state index contributed by atoms with van der Waals surface area (Å²) in [7, 11) is 0. The first-order valence-electron chi connectivity index (χ1n) is 5.92. The van der Waals surface area contributed by atoms with Crippen LogP contribution in [0.15, 0.2) is 12.1 Å². The molecular formula is C13H17NO2. The van der Waals surface area contributed by atoms with Gasteiger partial charge in [-0.2, -0.15) is 0 Å². The first-order chi connectivity index (χ1) is 7.75. The summed E-state index contributed by atoms with van der Waals surface area (Å²) >= 11 is 0. The van der Waals surface area contributed by atoms with E-state index in [0.717, 1.165) is 18.0 Å². The Morgan fingerprint density at radius 3 is 2.38 bits per heavy atom. The fourth-order valence-electron chi connectivity index (χ4n) is 2.50. The minimum atomic E-state index is 0.405. The molecule has 16 heavy (non-hydrogen) atoms. The van der Waals surface area contributed by atoms with Crippen LogP contribution in [0, 0.1) is 0 Å². The highest BCUT2D eigenvalue weighted by Gasteiger charge is 2.25. The Labute approximate surface area is 95.8 Å². The van der Waals surface area contributed by atoms with E-state index < -0.39 is 0 Å². The lowest BCUT2D eigenvalue weighted by molar-refractivity contribution is 0.170. The molecule has 0 fully saturated rings. The molecule has 3 nitrogen and oxygen atoms in total. The third-order valence-corrected chi connectivity index (χ3v) is 3.48. The van der Waals surface area contributed by atoms with Crippen molar-refractivity contribution in [2.24, 2.45) is 0 Å². The van der Waals surface area contributed by atoms with E-state index in [1.807, 2.05) is 0 Å². The van der Waals surface area contributed by atoms with Crippen molar-refractivity contribution in [3.63, 3.8) is 0 Å². The van der Waals surface area contributed by atoms with Gasteiger partial charge >= 0.3 is 0 Å². The lowest BCUT2D eigenvalue weighted by Crippen LogP contribution is -2.30. The second kappa shape index (κ2) is 3.67. The monoisotopic (exact) mass is 219 g/mol. The summed E-state index contributed by atoms with van der Waals surface area (Å²) in [6.07, 6.45) is 0. The summed E-state index contributed by atoms with van der Waals surface area (Å²) in [5.74, 6) is 2.35. The maximum atomic E-state index is 5.63. The smallest absolute Gasteiger partial charge is 0.161 e. The quantitative estimate of drug-likeness (QED) is 0.725. The van der Waals surface area contributed by atoms with Crippen LogP contribution in [-0.4, -0.2) is 19.8 Å². The van der Waals surface area contributed by atoms with Crippen LogP contribution in [0.2, 0.25) is 0 Å². The molecule has 2 aliphatic heterocycles. The Bertz CT molecular complexity index is 378. The number of nitrogens with one attached hydrogen (secondary N) is 1. The van der Waals surface area contributed by atoms with E-state index in [1.54, 1.807) is 0 Å². The summed E-state index contributed by atoms with van der Waals surface area (Å²) in [4.78, 5) is 0. The van der Waals surface area contributed by atoms with Crippen LogP contribution < -0.4 is 14.8 Å². The molecule has 0 bridgehead atoms. The summed E-state index contributed by atoms with van der Waals surface area (Å²) in [6, 6.07) is 4.70. The highest BCUT2D eigenvalue weighted by Crippen LogP contribution is 2.39. The van der Waals surface area contributed by atoms with Crippen LogP contribution in [0.1, 0.15) is 36.9 Å². The van der Waals surface area contributed by atoms with Crippen molar-refractivity contribution < 1.29 is 9.47 Å². The molecule has 0 aromatic heterocycles. The van der Waals surface area contributed by atoms with Gasteiger partial charge in [0.05, 0.1) is 0 Å². The molecule has 0 amide bonds. The number of rotatable bonds is 0. The zero-order chi connectivity index (χ0) is 11.1. The van der Waals surface area contributed by atoms with Gasteiger partial charge < -0.3 is 14.8 Å². The van der Waals surface area contributed by atoms with Crippen molar-refractivity contribution in [1.29, 1.82) is 0 Å². The van der Waals surface area contributed by atoms with Gasteiger partial charge in [-0.3, -0.25) is 0 Å². The molecule has 0 spiro atoms. The Morgan fingerprint density at radius 1 is 1.06 bits per heavy atom. The maximum Gasteiger partial charge on any atom is 0.161 e. The number of benzene rings is 1. The van der Waals surface area contributed by atoms with E-state index in [0.29, 0.717) is 25.2 Å². The highest BCUT2D eigenvalue weighted by atomic mass is 16.6. The van der Waals surface area contributed by atoms with E-state index >= 15 is 0 Å². The number of hydrogen-bond acceptors (Lipinski definition) is 3. The molecule has 2 aliphatic rings. The maximum absolute atomic E-state index is 5.63. The normalized spacial score (nSPS) is 27.4. The standard InChI is InChI=1S/C13H17NO2/c1-8-7-14-9(2)11-6-13-12(5-10(8)11)15-3-4-16-13/h5-6,8-9,14H,3-4,7H2,1-2H3. The van der Waals surface area contributed by atoms with Gasteiger partial charge in [0.1, 0.15) is 13.2 Å². The predicted molar refractivity (Wildman–Crippen MR) is 62.3 cm³/mol. The van der Waals surface area contributed by atoms with Crippen LogP contribution in [0.25, 0.3) is 0 Å². The molecule has 0 aliphatic carbocycles. The van der Waals surface area contributed by atoms with E-state index in [9.17, 15) is 0 Å². The van der Waals surface area contributed by atoms with Gasteiger partial charge in [0.15, 0.2) is 11.5 Å². The van der Waals surface area contributed by atoms with Crippen molar-refractivity contribution >= 4 is 0 Å². The molecule has 0 radical (unpaired) electrons. The first-order valence-corrected chi connectivity index (χ1v) is 5.92. The number of hydrogen-bond donors (Lipinski definition) is 1. The zero-order valence-electron chi connectivity index (χ0n) is 9.75. The van der Waals surface area contributed by atoms with E-state index in [2.05, 4.69) is 31.3 Å². The van der Waals surface area contributed by atoms with Gasteiger partial charge in [0.25, 0.3) is 0 Å². The van der Waals surface area contributed by atoms with Crippen molar-refractivity contribution in [1.82, 2.24) is 5.32 Å². The van der Waals surface area contributed by atoms with Crippen LogP contribution >= 0.6 is 0 Å². The molecule has 0 saturated heterocycles. The van der Waals surface area contributed by atoms with Gasteiger partial charge in [-0.25, -0.2) is 0 Å². The molecule has 1 aromatic rings. The minimum absolute atomic E-state index is 0.405. The van der Waals surface area contributed by atoms with Gasteiger partial charge in [-0.1, -0.05) is 6.92 Å². The third-order valence-electron chi connectivity index (χ3n) is 3.48. The lowest BCUT2D eigenvalue weighted by atomic mass is 9.88. The van der Waals surface area contributed by atoms with Gasteiger partial charge in [0.2, 0.25) is 0 Å². The summed E-state index contributed by atoms with van der Waals surface area (Å²) < 4.78 is 11.2. The van der Waals surface area contributed by atoms with Crippen molar-refractivity contribution in [3.05, 3.63) is 23.3 Å². The first kappa shape index (κ1) is 9.97. The minimum Gasteiger partial charge on any atom is -0.486 e. The SMILES string of the molecule is CC1CNC(C)c2cc3c(cc21)OCCO3. The van der Waals surface area contributed by atoms with Crippen LogP contribution in [-0.2, 0) is 0 Å². The van der Waals surface area contributed by atoms with Gasteiger partial charge in [-0.05, 0) is 36.1 Å². The second-order valence-corrected chi connectivity index (χ2v) is 4.66. The molecular weight excluding hydrogens is 202 g/mol. The van der Waals surface area contributed by atoms with E-state index in [-0.39, 0.29) is 0 Å². The second-order valence-electron chi connectivity index (χ2n) is 4.66. The van der Waals surface area contributed by atoms with Crippen molar-refractivity contribution in [3.8, 4) is 11.5 Å². The van der Waals surface area contributed by atoms with Crippen LogP contribution in [0.5, 0.6) is 11.5 Å². The van der Waals surface area contributed by atoms with E-state index in [4.69, 9.17) is 9.47 Å². The Hall–Kier alpha value is -1.22. The summed E-state index contributed by atoms with van der Waals surface area (Å²) in [5.41, 5.74) is 2.75. The third kappa shape index (κ3) is 1.47. The molecule has 3 heteroatoms. The van der Waals surface area contributed by atoms with Crippen LogP contribution in [0.3, 0.4) is 0 Å². The molecule has 0 saturated carbocycles. The Kier molecular flexibility index (Phi) is 2.28. The Morgan fingerprint density at radius 2 is 1.69 bits per heavy atom. The van der Waals surface area contributed by atoms with Crippen molar-refractivity contribution in [2.75, 3.05) is 19.8 Å². The Balaban J connectivity index is 2.11. The topological polar surface area (TPSA) is 30.5 Å². The van der Waals surface area contributed by atoms with Crippen molar-refractivity contribution in [2.45, 2.75) is 25.8 Å². The highest BCUT2D eigenvalue weighted by molar-refractivity contribution is 5.51. The average Bonchev–Trinajstić information content (AvgIpc) is 2.32. The van der Waals surface area contributed by atoms with Crippen LogP contribution in [0.4, 0.5) is 0 Å². The molecule has 86 valence electrons. The summed E-state index contributed by atoms with van der Waals surface area (Å²) in [5, 5.41) is 3.50.